The van der Waals surface area contributed by atoms with Crippen molar-refractivity contribution in [3.63, 3.8) is 0 Å². The topological polar surface area (TPSA) is 220 Å². The lowest BCUT2D eigenvalue weighted by Crippen LogP contribution is -2.59. The molecular formula is C37H49N9O7. The number of benzene rings is 2. The van der Waals surface area contributed by atoms with Gasteiger partial charge in [0.2, 0.25) is 35.4 Å². The molecule has 1 fully saturated rings. The summed E-state index contributed by atoms with van der Waals surface area (Å²) >= 11 is 0. The number of ether oxygens (including phenoxy) is 1. The maximum absolute atomic E-state index is 14.3. The fourth-order valence-electron chi connectivity index (χ4n) is 6.72. The Kier molecular flexibility index (Phi) is 13.5. The molecule has 0 radical (unpaired) electrons. The number of carbonyl (C=O) groups excluding carboxylic acids is 6. The van der Waals surface area contributed by atoms with Gasteiger partial charge in [-0.25, -0.2) is 4.68 Å². The summed E-state index contributed by atoms with van der Waals surface area (Å²) in [6.07, 6.45) is 4.13. The summed E-state index contributed by atoms with van der Waals surface area (Å²) in [6.45, 7) is 3.99. The van der Waals surface area contributed by atoms with Gasteiger partial charge in [0.1, 0.15) is 24.2 Å². The van der Waals surface area contributed by atoms with Gasteiger partial charge in [-0.15, -0.1) is 5.10 Å². The van der Waals surface area contributed by atoms with E-state index in [4.69, 9.17) is 10.5 Å². The van der Waals surface area contributed by atoms with Gasteiger partial charge in [-0.05, 0) is 54.4 Å². The van der Waals surface area contributed by atoms with Crippen molar-refractivity contribution in [2.45, 2.75) is 96.1 Å². The second-order valence-electron chi connectivity index (χ2n) is 14.0. The molecule has 6 amide bonds. The van der Waals surface area contributed by atoms with E-state index in [1.807, 2.05) is 56.3 Å². The Labute approximate surface area is 307 Å². The van der Waals surface area contributed by atoms with E-state index in [1.165, 1.54) is 11.1 Å². The average molecular weight is 732 g/mol. The molecule has 2 aliphatic rings. The number of carbonyl (C=O) groups is 6. The largest absolute Gasteiger partial charge is 0.372 e. The van der Waals surface area contributed by atoms with Crippen LogP contribution in [0.1, 0.15) is 63.6 Å². The normalized spacial score (nSPS) is 21.8. The molecule has 16 nitrogen and oxygen atoms in total. The van der Waals surface area contributed by atoms with Crippen molar-refractivity contribution in [3.8, 4) is 0 Å². The Bertz CT molecular complexity index is 1790. The quantitative estimate of drug-likeness (QED) is 0.228. The number of aromatic nitrogens is 3. The van der Waals surface area contributed by atoms with Gasteiger partial charge in [-0.1, -0.05) is 61.5 Å². The monoisotopic (exact) mass is 731 g/mol. The predicted molar refractivity (Wildman–Crippen MR) is 193 cm³/mol. The third-order valence-electron chi connectivity index (χ3n) is 9.51. The Hall–Kier alpha value is -5.38. The number of amides is 6. The summed E-state index contributed by atoms with van der Waals surface area (Å²) in [7, 11) is 0. The van der Waals surface area contributed by atoms with Crippen LogP contribution in [0.3, 0.4) is 0 Å². The highest BCUT2D eigenvalue weighted by atomic mass is 16.5. The molecule has 4 atom stereocenters. The molecule has 2 aliphatic heterocycles. The molecule has 53 heavy (non-hydrogen) atoms. The van der Waals surface area contributed by atoms with Crippen molar-refractivity contribution in [3.05, 3.63) is 59.9 Å². The van der Waals surface area contributed by atoms with Crippen molar-refractivity contribution in [1.82, 2.24) is 41.2 Å². The molecule has 284 valence electrons. The number of primary amides is 1. The van der Waals surface area contributed by atoms with E-state index in [0.29, 0.717) is 44.5 Å². The summed E-state index contributed by atoms with van der Waals surface area (Å²) in [5.74, 6) is -3.25. The van der Waals surface area contributed by atoms with Crippen molar-refractivity contribution in [2.24, 2.45) is 11.7 Å². The van der Waals surface area contributed by atoms with Crippen LogP contribution in [0.25, 0.3) is 10.8 Å². The predicted octanol–water partition coefficient (Wildman–Crippen LogP) is 0.468. The fraction of sp³-hybridized carbons (Fsp3) is 0.514. The van der Waals surface area contributed by atoms with Crippen LogP contribution in [-0.4, -0.2) is 99.2 Å². The van der Waals surface area contributed by atoms with Crippen molar-refractivity contribution in [1.29, 1.82) is 0 Å². The SMILES string of the molecule is CC(C)C[C@H](NC(=O)[C@@H]1COCc2cnnn2CCCCC(=O)NCC(=O)N2CCC[C@H]2C(=O)N[C@@H](Cc2cccc3ccccc23)C(=O)N1)C(N)=O. The highest BCUT2D eigenvalue weighted by molar-refractivity contribution is 5.96. The molecule has 1 saturated heterocycles. The first kappa shape index (κ1) is 38.8. The first-order valence-corrected chi connectivity index (χ1v) is 18.2. The van der Waals surface area contributed by atoms with Gasteiger partial charge >= 0.3 is 0 Å². The van der Waals surface area contributed by atoms with E-state index in [2.05, 4.69) is 31.6 Å². The highest BCUT2D eigenvalue weighted by Crippen LogP contribution is 2.22. The van der Waals surface area contributed by atoms with Crippen LogP contribution in [0.4, 0.5) is 0 Å². The Balaban J connectivity index is 1.46. The van der Waals surface area contributed by atoms with Gasteiger partial charge in [0, 0.05) is 25.9 Å². The highest BCUT2D eigenvalue weighted by Gasteiger charge is 2.37. The van der Waals surface area contributed by atoms with Crippen molar-refractivity contribution < 1.29 is 33.5 Å². The van der Waals surface area contributed by atoms with Crippen molar-refractivity contribution >= 4 is 46.2 Å². The third kappa shape index (κ3) is 10.6. The standard InChI is InChI=1S/C37H49N9O7/c1-23(2)17-28(34(38)49)41-36(51)30-22-53-21-26-19-40-44-46(26)16-6-5-14-32(47)39-20-33(48)45-15-8-13-31(45)37(52)42-29(35(50)43-30)18-25-11-7-10-24-9-3-4-12-27(24)25/h3-4,7,9-12,19,23,28-31H,5-6,8,13-18,20-22H2,1-2H3,(H2,38,49)(H,39,47)(H,41,51)(H,42,52)(H,43,50)/t28-,29-,30-,31-/m0/s1. The van der Waals surface area contributed by atoms with Crippen molar-refractivity contribution in [2.75, 3.05) is 19.7 Å². The first-order valence-electron chi connectivity index (χ1n) is 18.2. The molecular weight excluding hydrogens is 682 g/mol. The van der Waals surface area contributed by atoms with Gasteiger partial charge in [-0.3, -0.25) is 28.8 Å². The van der Waals surface area contributed by atoms with Crippen LogP contribution >= 0.6 is 0 Å². The molecule has 6 N–H and O–H groups in total. The molecule has 5 rings (SSSR count). The lowest BCUT2D eigenvalue weighted by atomic mass is 9.97. The Morgan fingerprint density at radius 3 is 2.58 bits per heavy atom. The minimum absolute atomic E-state index is 0.00578. The smallest absolute Gasteiger partial charge is 0.245 e. The van der Waals surface area contributed by atoms with E-state index in [0.717, 1.165) is 16.3 Å². The van der Waals surface area contributed by atoms with E-state index in [9.17, 15) is 28.8 Å². The molecule has 16 heteroatoms. The lowest BCUT2D eigenvalue weighted by molar-refractivity contribution is -0.140. The fourth-order valence-corrected chi connectivity index (χ4v) is 6.72. The minimum atomic E-state index is -1.29. The lowest BCUT2D eigenvalue weighted by Gasteiger charge is -2.28. The van der Waals surface area contributed by atoms with Gasteiger partial charge in [0.05, 0.1) is 31.6 Å². The summed E-state index contributed by atoms with van der Waals surface area (Å²) in [5, 5.41) is 20.9. The molecule has 0 unspecified atom stereocenters. The van der Waals surface area contributed by atoms with Crippen LogP contribution in [0.15, 0.2) is 48.7 Å². The zero-order valence-electron chi connectivity index (χ0n) is 30.2. The third-order valence-corrected chi connectivity index (χ3v) is 9.51. The summed E-state index contributed by atoms with van der Waals surface area (Å²) in [6, 6.07) is 9.01. The van der Waals surface area contributed by atoms with Crippen LogP contribution in [0, 0.1) is 5.92 Å². The van der Waals surface area contributed by atoms with Crippen LogP contribution in [0.2, 0.25) is 0 Å². The zero-order valence-corrected chi connectivity index (χ0v) is 30.2. The van der Waals surface area contributed by atoms with Crippen LogP contribution in [0.5, 0.6) is 0 Å². The number of rotatable bonds is 7. The number of nitrogens with zero attached hydrogens (tertiary/aromatic N) is 4. The number of hydrogen-bond acceptors (Lipinski definition) is 9. The molecule has 0 aliphatic carbocycles. The van der Waals surface area contributed by atoms with E-state index in [-0.39, 0.29) is 50.8 Å². The second kappa shape index (κ2) is 18.4. The van der Waals surface area contributed by atoms with E-state index < -0.39 is 53.7 Å². The maximum atomic E-state index is 14.3. The Morgan fingerprint density at radius 1 is 1.00 bits per heavy atom. The van der Waals surface area contributed by atoms with E-state index >= 15 is 0 Å². The van der Waals surface area contributed by atoms with Crippen LogP contribution < -0.4 is 27.0 Å². The van der Waals surface area contributed by atoms with Gasteiger partial charge in [0.25, 0.3) is 0 Å². The first-order chi connectivity index (χ1) is 25.5. The van der Waals surface area contributed by atoms with Gasteiger partial charge in [-0.2, -0.15) is 0 Å². The maximum Gasteiger partial charge on any atom is 0.245 e. The van der Waals surface area contributed by atoms with Gasteiger partial charge in [0.15, 0.2) is 0 Å². The summed E-state index contributed by atoms with van der Waals surface area (Å²) in [5.41, 5.74) is 7.01. The number of nitrogens with two attached hydrogens (primary N) is 1. The second-order valence-corrected chi connectivity index (χ2v) is 14.0. The summed E-state index contributed by atoms with van der Waals surface area (Å²) in [4.78, 5) is 81.5. The molecule has 3 aromatic rings. The summed E-state index contributed by atoms with van der Waals surface area (Å²) < 4.78 is 7.58. The van der Waals surface area contributed by atoms with E-state index in [1.54, 1.807) is 4.68 Å². The molecule has 0 saturated carbocycles. The number of aryl methyl sites for hydroxylation is 1. The Morgan fingerprint density at radius 2 is 1.79 bits per heavy atom. The number of fused-ring (bicyclic) bond motifs is 3. The molecule has 1 aromatic heterocycles. The average Bonchev–Trinajstić information content (AvgIpc) is 3.81. The molecule has 2 aromatic carbocycles. The molecule has 0 bridgehead atoms. The molecule has 0 spiro atoms. The molecule has 3 heterocycles. The minimum Gasteiger partial charge on any atom is -0.372 e. The number of nitrogens with one attached hydrogen (secondary N) is 4. The van der Waals surface area contributed by atoms with Crippen LogP contribution in [-0.2, 0) is 53.1 Å². The number of hydrogen-bond donors (Lipinski definition) is 5. The zero-order chi connectivity index (χ0) is 37.9. The van der Waals surface area contributed by atoms with Gasteiger partial charge < -0.3 is 36.6 Å².